The summed E-state index contributed by atoms with van der Waals surface area (Å²) < 4.78 is 0. The van der Waals surface area contributed by atoms with Gasteiger partial charge in [0.1, 0.15) is 0 Å². The number of nitrogens with zero attached hydrogens (tertiary/aromatic N) is 1. The summed E-state index contributed by atoms with van der Waals surface area (Å²) in [6, 6.07) is 19.9. The first-order chi connectivity index (χ1) is 11.7. The van der Waals surface area contributed by atoms with Gasteiger partial charge in [0.15, 0.2) is 0 Å². The second-order valence-corrected chi connectivity index (χ2v) is 7.43. The van der Waals surface area contributed by atoms with Gasteiger partial charge in [-0.2, -0.15) is 11.8 Å². The Morgan fingerprint density at radius 3 is 1.92 bits per heavy atom. The molecule has 0 unspecified atom stereocenters. The number of amides is 1. The zero-order valence-electron chi connectivity index (χ0n) is 13.9. The molecule has 3 nitrogen and oxygen atoms in total. The van der Waals surface area contributed by atoms with Crippen LogP contribution in [0, 0.1) is 0 Å². The van der Waals surface area contributed by atoms with Crippen LogP contribution in [0.1, 0.15) is 17.5 Å². The summed E-state index contributed by atoms with van der Waals surface area (Å²) in [5.41, 5.74) is 7.18. The van der Waals surface area contributed by atoms with Crippen LogP contribution in [0.5, 0.6) is 0 Å². The Kier molecular flexibility index (Phi) is 5.59. The quantitative estimate of drug-likeness (QED) is 0.879. The minimum absolute atomic E-state index is 0.272. The molecule has 4 heteroatoms. The van der Waals surface area contributed by atoms with Crippen LogP contribution in [0.2, 0.25) is 0 Å². The van der Waals surface area contributed by atoms with E-state index in [9.17, 15) is 4.79 Å². The van der Waals surface area contributed by atoms with Crippen LogP contribution < -0.4 is 5.73 Å². The molecule has 0 radical (unpaired) electrons. The monoisotopic (exact) mass is 340 g/mol. The minimum atomic E-state index is -0.771. The van der Waals surface area contributed by atoms with E-state index < -0.39 is 5.41 Å². The van der Waals surface area contributed by atoms with E-state index in [4.69, 9.17) is 5.73 Å². The highest BCUT2D eigenvalue weighted by atomic mass is 32.2. The summed E-state index contributed by atoms with van der Waals surface area (Å²) in [6.07, 6.45) is 0.709. The Hall–Kier alpha value is -1.78. The number of thioether (sulfide) groups is 1. The number of nitrogens with two attached hydrogens (primary N) is 1. The topological polar surface area (TPSA) is 46.3 Å². The summed E-state index contributed by atoms with van der Waals surface area (Å²) >= 11 is 2.00. The van der Waals surface area contributed by atoms with Crippen molar-refractivity contribution in [3.63, 3.8) is 0 Å². The van der Waals surface area contributed by atoms with Crippen LogP contribution in [0.15, 0.2) is 60.7 Å². The molecular formula is C20H24N2OS. The lowest BCUT2D eigenvalue weighted by Crippen LogP contribution is -2.46. The Morgan fingerprint density at radius 2 is 1.46 bits per heavy atom. The average molecular weight is 340 g/mol. The number of benzene rings is 2. The van der Waals surface area contributed by atoms with E-state index >= 15 is 0 Å². The van der Waals surface area contributed by atoms with E-state index in [1.165, 1.54) is 11.5 Å². The molecule has 1 aliphatic heterocycles. The summed E-state index contributed by atoms with van der Waals surface area (Å²) in [5, 5.41) is 0. The number of carbonyl (C=O) groups excluding carboxylic acids is 1. The maximum Gasteiger partial charge on any atom is 0.232 e. The lowest BCUT2D eigenvalue weighted by molar-refractivity contribution is -0.122. The predicted molar refractivity (Wildman–Crippen MR) is 101 cm³/mol. The Labute approximate surface area is 148 Å². The molecule has 0 atom stereocenters. The number of primary amides is 1. The molecule has 3 rings (SSSR count). The van der Waals surface area contributed by atoms with Crippen LogP contribution in [0.25, 0.3) is 0 Å². The van der Waals surface area contributed by atoms with Crippen LogP contribution in [-0.4, -0.2) is 41.9 Å². The maximum atomic E-state index is 12.7. The van der Waals surface area contributed by atoms with Gasteiger partial charge in [-0.25, -0.2) is 0 Å². The lowest BCUT2D eigenvalue weighted by atomic mass is 9.71. The van der Waals surface area contributed by atoms with Gasteiger partial charge in [-0.15, -0.1) is 0 Å². The molecule has 2 aromatic rings. The second kappa shape index (κ2) is 7.86. The molecule has 2 N–H and O–H groups in total. The third-order valence-corrected chi connectivity index (χ3v) is 5.80. The van der Waals surface area contributed by atoms with Crippen molar-refractivity contribution in [1.82, 2.24) is 4.90 Å². The van der Waals surface area contributed by atoms with Gasteiger partial charge in [0, 0.05) is 24.6 Å². The van der Waals surface area contributed by atoms with Crippen LogP contribution >= 0.6 is 11.8 Å². The van der Waals surface area contributed by atoms with Crippen molar-refractivity contribution in [2.45, 2.75) is 11.8 Å². The summed E-state index contributed by atoms with van der Waals surface area (Å²) in [7, 11) is 0. The van der Waals surface area contributed by atoms with Gasteiger partial charge in [-0.05, 0) is 24.1 Å². The van der Waals surface area contributed by atoms with Crippen LogP contribution in [0.3, 0.4) is 0 Å². The average Bonchev–Trinajstić information content (AvgIpc) is 2.65. The highest BCUT2D eigenvalue weighted by Crippen LogP contribution is 2.36. The second-order valence-electron chi connectivity index (χ2n) is 6.21. The van der Waals surface area contributed by atoms with Gasteiger partial charge in [0.25, 0.3) is 0 Å². The molecule has 0 aromatic heterocycles. The molecule has 1 saturated heterocycles. The van der Waals surface area contributed by atoms with Gasteiger partial charge in [-0.1, -0.05) is 60.7 Å². The molecule has 0 bridgehead atoms. The lowest BCUT2D eigenvalue weighted by Gasteiger charge is -2.35. The molecule has 24 heavy (non-hydrogen) atoms. The molecule has 0 spiro atoms. The summed E-state index contributed by atoms with van der Waals surface area (Å²) in [6.45, 7) is 3.06. The maximum absolute atomic E-state index is 12.7. The highest BCUT2D eigenvalue weighted by molar-refractivity contribution is 7.99. The number of hydrogen-bond acceptors (Lipinski definition) is 3. The molecule has 0 aliphatic carbocycles. The third kappa shape index (κ3) is 3.50. The minimum Gasteiger partial charge on any atom is -0.369 e. The van der Waals surface area contributed by atoms with Crippen molar-refractivity contribution in [1.29, 1.82) is 0 Å². The molecule has 1 amide bonds. The first kappa shape index (κ1) is 17.1. The smallest absolute Gasteiger partial charge is 0.232 e. The number of rotatable bonds is 6. The van der Waals surface area contributed by atoms with Crippen molar-refractivity contribution in [2.75, 3.05) is 31.1 Å². The molecule has 0 saturated carbocycles. The fraction of sp³-hybridized carbons (Fsp3) is 0.350. The van der Waals surface area contributed by atoms with Crippen LogP contribution in [0.4, 0.5) is 0 Å². The van der Waals surface area contributed by atoms with Gasteiger partial charge < -0.3 is 10.6 Å². The van der Waals surface area contributed by atoms with Gasteiger partial charge in [-0.3, -0.25) is 4.79 Å². The molecule has 1 heterocycles. The standard InChI is InChI=1S/C20H24N2OS/c21-19(23)20(17-7-3-1-4-8-17,18-9-5-2-6-10-18)11-12-22-13-15-24-16-14-22/h1-10H,11-16H2,(H2,21,23). The highest BCUT2D eigenvalue weighted by Gasteiger charge is 2.40. The normalized spacial score (nSPS) is 16.0. The van der Waals surface area contributed by atoms with E-state index in [-0.39, 0.29) is 5.91 Å². The molecule has 2 aromatic carbocycles. The summed E-state index contributed by atoms with van der Waals surface area (Å²) in [4.78, 5) is 15.1. The van der Waals surface area contributed by atoms with Crippen LogP contribution in [-0.2, 0) is 10.2 Å². The number of carbonyl (C=O) groups is 1. The first-order valence-electron chi connectivity index (χ1n) is 8.44. The molecular weight excluding hydrogens is 316 g/mol. The fourth-order valence-corrected chi connectivity index (χ4v) is 4.44. The van der Waals surface area contributed by atoms with Crippen molar-refractivity contribution in [3.05, 3.63) is 71.8 Å². The van der Waals surface area contributed by atoms with Crippen molar-refractivity contribution < 1.29 is 4.79 Å². The molecule has 1 fully saturated rings. The van der Waals surface area contributed by atoms with E-state index in [1.54, 1.807) is 0 Å². The van der Waals surface area contributed by atoms with E-state index in [0.29, 0.717) is 6.42 Å². The Bertz CT molecular complexity index is 614. The van der Waals surface area contributed by atoms with Gasteiger partial charge in [0.2, 0.25) is 5.91 Å². The van der Waals surface area contributed by atoms with Crippen molar-refractivity contribution in [3.8, 4) is 0 Å². The fourth-order valence-electron chi connectivity index (χ4n) is 3.46. The van der Waals surface area contributed by atoms with Gasteiger partial charge in [0.05, 0.1) is 5.41 Å². The zero-order chi connectivity index (χ0) is 16.8. The van der Waals surface area contributed by atoms with Crippen molar-refractivity contribution in [2.24, 2.45) is 5.73 Å². The zero-order valence-corrected chi connectivity index (χ0v) is 14.7. The predicted octanol–water partition coefficient (Wildman–Crippen LogP) is 2.90. The molecule has 126 valence electrons. The van der Waals surface area contributed by atoms with Gasteiger partial charge >= 0.3 is 0 Å². The first-order valence-corrected chi connectivity index (χ1v) is 9.60. The SMILES string of the molecule is NC(=O)C(CCN1CCSCC1)(c1ccccc1)c1ccccc1. The third-order valence-electron chi connectivity index (χ3n) is 4.86. The van der Waals surface area contributed by atoms with E-state index in [0.717, 1.165) is 30.8 Å². The van der Waals surface area contributed by atoms with E-state index in [1.807, 2.05) is 72.4 Å². The van der Waals surface area contributed by atoms with E-state index in [2.05, 4.69) is 4.90 Å². The largest absolute Gasteiger partial charge is 0.369 e. The Balaban J connectivity index is 1.97. The number of hydrogen-bond donors (Lipinski definition) is 1. The Morgan fingerprint density at radius 1 is 0.958 bits per heavy atom. The van der Waals surface area contributed by atoms with Crippen molar-refractivity contribution >= 4 is 17.7 Å². The molecule has 1 aliphatic rings. The summed E-state index contributed by atoms with van der Waals surface area (Å²) in [5.74, 6) is 2.06.